The smallest absolute Gasteiger partial charge is 0.303 e. The Balaban J connectivity index is 2.42. The summed E-state index contributed by atoms with van der Waals surface area (Å²) in [7, 11) is 0. The molecule has 0 saturated carbocycles. The van der Waals surface area contributed by atoms with Gasteiger partial charge in [-0.2, -0.15) is 0 Å². The number of carboxylic acids is 1. The molecular formula is C15H19NO2. The van der Waals surface area contributed by atoms with Crippen molar-refractivity contribution in [1.29, 1.82) is 0 Å². The van der Waals surface area contributed by atoms with Crippen molar-refractivity contribution in [3.8, 4) is 0 Å². The molecule has 2 rings (SSSR count). The van der Waals surface area contributed by atoms with Crippen molar-refractivity contribution in [2.75, 3.05) is 0 Å². The van der Waals surface area contributed by atoms with Gasteiger partial charge in [0.25, 0.3) is 0 Å². The van der Waals surface area contributed by atoms with Gasteiger partial charge in [-0.25, -0.2) is 0 Å². The van der Waals surface area contributed by atoms with Crippen LogP contribution in [-0.2, 0) is 4.79 Å². The van der Waals surface area contributed by atoms with Gasteiger partial charge in [0.1, 0.15) is 0 Å². The molecule has 96 valence electrons. The molecule has 0 saturated heterocycles. The van der Waals surface area contributed by atoms with Gasteiger partial charge in [0.05, 0.1) is 6.42 Å². The molecule has 1 heterocycles. The maximum Gasteiger partial charge on any atom is 0.303 e. The summed E-state index contributed by atoms with van der Waals surface area (Å²) < 4.78 is 0. The standard InChI is InChI=1S/C15H19NO2/c1-3-4-11(8-15(17)18)13-9-16-14-6-5-10(2)7-12(13)14/h5-7,9,11,16H,3-4,8H2,1-2H3,(H,17,18). The first-order valence-electron chi connectivity index (χ1n) is 6.41. The van der Waals surface area contributed by atoms with Crippen molar-refractivity contribution >= 4 is 16.9 Å². The van der Waals surface area contributed by atoms with E-state index in [9.17, 15) is 4.79 Å². The van der Waals surface area contributed by atoms with Crippen LogP contribution in [0.1, 0.15) is 43.2 Å². The van der Waals surface area contributed by atoms with E-state index in [-0.39, 0.29) is 12.3 Å². The Bertz CT molecular complexity index is 557. The van der Waals surface area contributed by atoms with E-state index in [0.717, 1.165) is 29.3 Å². The number of rotatable bonds is 5. The number of aryl methyl sites for hydroxylation is 1. The summed E-state index contributed by atoms with van der Waals surface area (Å²) >= 11 is 0. The SMILES string of the molecule is CCCC(CC(=O)O)c1c[nH]c2ccc(C)cc12. The third kappa shape index (κ3) is 2.55. The largest absolute Gasteiger partial charge is 0.481 e. The first-order valence-corrected chi connectivity index (χ1v) is 6.41. The summed E-state index contributed by atoms with van der Waals surface area (Å²) in [6.07, 6.45) is 4.08. The monoisotopic (exact) mass is 245 g/mol. The summed E-state index contributed by atoms with van der Waals surface area (Å²) in [6.45, 7) is 4.15. The molecule has 0 aliphatic carbocycles. The Morgan fingerprint density at radius 1 is 1.44 bits per heavy atom. The van der Waals surface area contributed by atoms with E-state index >= 15 is 0 Å². The molecule has 3 heteroatoms. The lowest BCUT2D eigenvalue weighted by atomic mass is 9.91. The van der Waals surface area contributed by atoms with Gasteiger partial charge in [0.2, 0.25) is 0 Å². The number of hydrogen-bond donors (Lipinski definition) is 2. The van der Waals surface area contributed by atoms with Crippen molar-refractivity contribution in [1.82, 2.24) is 4.98 Å². The van der Waals surface area contributed by atoms with E-state index in [2.05, 4.69) is 37.0 Å². The molecule has 0 spiro atoms. The first kappa shape index (κ1) is 12.7. The molecule has 0 amide bonds. The number of H-pyrrole nitrogens is 1. The van der Waals surface area contributed by atoms with Crippen LogP contribution in [-0.4, -0.2) is 16.1 Å². The van der Waals surface area contributed by atoms with E-state index in [4.69, 9.17) is 5.11 Å². The molecule has 2 aromatic rings. The van der Waals surface area contributed by atoms with E-state index in [1.807, 2.05) is 6.20 Å². The van der Waals surface area contributed by atoms with Crippen LogP contribution in [0.3, 0.4) is 0 Å². The zero-order chi connectivity index (χ0) is 13.1. The Hall–Kier alpha value is -1.77. The van der Waals surface area contributed by atoms with Crippen LogP contribution in [0.2, 0.25) is 0 Å². The van der Waals surface area contributed by atoms with E-state index < -0.39 is 5.97 Å². The van der Waals surface area contributed by atoms with Crippen LogP contribution in [0.5, 0.6) is 0 Å². The second-order valence-electron chi connectivity index (χ2n) is 4.88. The van der Waals surface area contributed by atoms with Gasteiger partial charge < -0.3 is 10.1 Å². The molecule has 0 aliphatic heterocycles. The highest BCUT2D eigenvalue weighted by molar-refractivity contribution is 5.85. The summed E-state index contributed by atoms with van der Waals surface area (Å²) in [4.78, 5) is 14.2. The molecule has 0 radical (unpaired) electrons. The molecule has 1 aromatic carbocycles. The Morgan fingerprint density at radius 3 is 2.89 bits per heavy atom. The Labute approximate surface area is 107 Å². The molecule has 0 bridgehead atoms. The van der Waals surface area contributed by atoms with Crippen LogP contribution < -0.4 is 0 Å². The predicted octanol–water partition coefficient (Wildman–Crippen LogP) is 3.83. The zero-order valence-electron chi connectivity index (χ0n) is 10.9. The van der Waals surface area contributed by atoms with Gasteiger partial charge in [-0.3, -0.25) is 4.79 Å². The average molecular weight is 245 g/mol. The molecular weight excluding hydrogens is 226 g/mol. The third-order valence-electron chi connectivity index (χ3n) is 3.37. The lowest BCUT2D eigenvalue weighted by Crippen LogP contribution is -2.05. The maximum atomic E-state index is 11.0. The summed E-state index contributed by atoms with van der Waals surface area (Å²) in [5.41, 5.74) is 3.42. The van der Waals surface area contributed by atoms with Gasteiger partial charge in [0, 0.05) is 17.1 Å². The Kier molecular flexibility index (Phi) is 3.70. The highest BCUT2D eigenvalue weighted by Gasteiger charge is 2.18. The van der Waals surface area contributed by atoms with Gasteiger partial charge >= 0.3 is 5.97 Å². The molecule has 1 unspecified atom stereocenters. The highest BCUT2D eigenvalue weighted by atomic mass is 16.4. The quantitative estimate of drug-likeness (QED) is 0.841. The topological polar surface area (TPSA) is 53.1 Å². The van der Waals surface area contributed by atoms with Crippen molar-refractivity contribution in [2.24, 2.45) is 0 Å². The number of benzene rings is 1. The number of aliphatic carboxylic acids is 1. The Morgan fingerprint density at radius 2 is 2.22 bits per heavy atom. The number of aromatic nitrogens is 1. The van der Waals surface area contributed by atoms with E-state index in [1.54, 1.807) is 0 Å². The first-order chi connectivity index (χ1) is 8.61. The van der Waals surface area contributed by atoms with Crippen molar-refractivity contribution < 1.29 is 9.90 Å². The van der Waals surface area contributed by atoms with Crippen LogP contribution in [0, 0.1) is 6.92 Å². The minimum absolute atomic E-state index is 0.100. The van der Waals surface area contributed by atoms with E-state index in [1.165, 1.54) is 5.56 Å². The third-order valence-corrected chi connectivity index (χ3v) is 3.37. The van der Waals surface area contributed by atoms with Gasteiger partial charge in [-0.05, 0) is 37.0 Å². The van der Waals surface area contributed by atoms with Crippen LogP contribution in [0.15, 0.2) is 24.4 Å². The van der Waals surface area contributed by atoms with Gasteiger partial charge in [-0.15, -0.1) is 0 Å². The number of aromatic amines is 1. The van der Waals surface area contributed by atoms with Crippen LogP contribution >= 0.6 is 0 Å². The predicted molar refractivity (Wildman–Crippen MR) is 72.9 cm³/mol. The lowest BCUT2D eigenvalue weighted by molar-refractivity contribution is -0.137. The van der Waals surface area contributed by atoms with Crippen molar-refractivity contribution in [2.45, 2.75) is 39.0 Å². The summed E-state index contributed by atoms with van der Waals surface area (Å²) in [6, 6.07) is 6.25. The number of fused-ring (bicyclic) bond motifs is 1. The second kappa shape index (κ2) is 5.25. The minimum atomic E-state index is -0.726. The highest BCUT2D eigenvalue weighted by Crippen LogP contribution is 2.31. The fourth-order valence-electron chi connectivity index (χ4n) is 2.52. The van der Waals surface area contributed by atoms with E-state index in [0.29, 0.717) is 0 Å². The number of nitrogens with one attached hydrogen (secondary N) is 1. The van der Waals surface area contributed by atoms with Gasteiger partial charge in [0.15, 0.2) is 0 Å². The average Bonchev–Trinajstić information content (AvgIpc) is 2.70. The second-order valence-corrected chi connectivity index (χ2v) is 4.88. The molecule has 1 atom stereocenters. The van der Waals surface area contributed by atoms with Gasteiger partial charge in [-0.1, -0.05) is 25.0 Å². The molecule has 0 aliphatic rings. The molecule has 0 fully saturated rings. The van der Waals surface area contributed by atoms with Crippen LogP contribution in [0.4, 0.5) is 0 Å². The number of carbonyl (C=O) groups is 1. The lowest BCUT2D eigenvalue weighted by Gasteiger charge is -2.13. The molecule has 18 heavy (non-hydrogen) atoms. The molecule has 3 nitrogen and oxygen atoms in total. The van der Waals surface area contributed by atoms with Crippen molar-refractivity contribution in [3.05, 3.63) is 35.5 Å². The zero-order valence-corrected chi connectivity index (χ0v) is 10.9. The van der Waals surface area contributed by atoms with Crippen LogP contribution in [0.25, 0.3) is 10.9 Å². The molecule has 1 aromatic heterocycles. The normalized spacial score (nSPS) is 12.8. The molecule has 2 N–H and O–H groups in total. The van der Waals surface area contributed by atoms with Crippen molar-refractivity contribution in [3.63, 3.8) is 0 Å². The minimum Gasteiger partial charge on any atom is -0.481 e. The number of carboxylic acid groups (broad SMARTS) is 1. The number of hydrogen-bond acceptors (Lipinski definition) is 1. The fraction of sp³-hybridized carbons (Fsp3) is 0.400. The summed E-state index contributed by atoms with van der Waals surface area (Å²) in [5.74, 6) is -0.626. The maximum absolute atomic E-state index is 11.0. The fourth-order valence-corrected chi connectivity index (χ4v) is 2.52. The summed E-state index contributed by atoms with van der Waals surface area (Å²) in [5, 5.41) is 10.2.